The molecular weight excluding hydrogens is 803 g/mol. The van der Waals surface area contributed by atoms with Crippen molar-refractivity contribution in [2.24, 2.45) is 0 Å². The van der Waals surface area contributed by atoms with Gasteiger partial charge in [0.15, 0.2) is 0 Å². The van der Waals surface area contributed by atoms with E-state index in [2.05, 4.69) is 99.0 Å². The van der Waals surface area contributed by atoms with Crippen molar-refractivity contribution in [1.82, 2.24) is 5.32 Å². The average molecular weight is 908 g/mol. The lowest BCUT2D eigenvalue weighted by molar-refractivity contribution is -0.151. The van der Waals surface area contributed by atoms with Gasteiger partial charge in [0, 0.05) is 6.42 Å². The van der Waals surface area contributed by atoms with Crippen LogP contribution in [-0.4, -0.2) is 46.9 Å². The van der Waals surface area contributed by atoms with Gasteiger partial charge in [-0.1, -0.05) is 241 Å². The van der Waals surface area contributed by atoms with Crippen LogP contribution in [0.5, 0.6) is 0 Å². The summed E-state index contributed by atoms with van der Waals surface area (Å²) in [6.07, 6.45) is 66.7. The zero-order chi connectivity index (χ0) is 47.4. The first kappa shape index (κ1) is 62.3. The van der Waals surface area contributed by atoms with E-state index in [1.54, 1.807) is 0 Å². The van der Waals surface area contributed by atoms with Crippen molar-refractivity contribution in [3.8, 4) is 0 Å². The number of ether oxygens (including phenoxy) is 1. The molecule has 3 N–H and O–H groups in total. The predicted octanol–water partition coefficient (Wildman–Crippen LogP) is 17.0. The molecule has 376 valence electrons. The lowest BCUT2D eigenvalue weighted by Crippen LogP contribution is -2.46. The first-order chi connectivity index (χ1) is 32.0. The SMILES string of the molecule is CC/C=C/C=C/C=C/CCCCCCCCCC(=O)OC(CCCCCC/C=C\C/C=C\C/C=C\CCCCC)CC(=O)NC(CO)C(O)CCCCCCCCCCCCCCCC. The maximum Gasteiger partial charge on any atom is 0.306 e. The van der Waals surface area contributed by atoms with Crippen molar-refractivity contribution >= 4 is 11.9 Å². The number of nitrogens with one attached hydrogen (secondary N) is 1. The van der Waals surface area contributed by atoms with Crippen molar-refractivity contribution in [1.29, 1.82) is 0 Å². The molecule has 0 aromatic rings. The number of allylic oxidation sites excluding steroid dienone is 12. The van der Waals surface area contributed by atoms with E-state index in [4.69, 9.17) is 4.74 Å². The number of amides is 1. The van der Waals surface area contributed by atoms with E-state index in [0.29, 0.717) is 19.3 Å². The highest BCUT2D eigenvalue weighted by atomic mass is 16.5. The van der Waals surface area contributed by atoms with E-state index in [1.807, 2.05) is 0 Å². The molecule has 1 amide bonds. The molecule has 65 heavy (non-hydrogen) atoms. The second-order valence-electron chi connectivity index (χ2n) is 18.7. The van der Waals surface area contributed by atoms with Crippen LogP contribution >= 0.6 is 0 Å². The van der Waals surface area contributed by atoms with Gasteiger partial charge in [0.25, 0.3) is 0 Å². The highest BCUT2D eigenvalue weighted by molar-refractivity contribution is 5.77. The van der Waals surface area contributed by atoms with Crippen LogP contribution in [-0.2, 0) is 14.3 Å². The number of rotatable bonds is 49. The fourth-order valence-electron chi connectivity index (χ4n) is 8.14. The van der Waals surface area contributed by atoms with Gasteiger partial charge in [0.2, 0.25) is 5.91 Å². The van der Waals surface area contributed by atoms with Crippen molar-refractivity contribution in [2.75, 3.05) is 6.61 Å². The summed E-state index contributed by atoms with van der Waals surface area (Å²) in [6, 6.07) is -0.715. The average Bonchev–Trinajstić information content (AvgIpc) is 3.30. The number of hydrogen-bond donors (Lipinski definition) is 3. The van der Waals surface area contributed by atoms with E-state index in [-0.39, 0.29) is 24.9 Å². The lowest BCUT2D eigenvalue weighted by atomic mass is 10.0. The zero-order valence-corrected chi connectivity index (χ0v) is 42.9. The summed E-state index contributed by atoms with van der Waals surface area (Å²) in [4.78, 5) is 26.2. The molecule has 0 aliphatic rings. The van der Waals surface area contributed by atoms with Gasteiger partial charge in [0.05, 0.1) is 25.2 Å². The Balaban J connectivity index is 4.64. The molecule has 3 unspecified atom stereocenters. The second kappa shape index (κ2) is 52.3. The Kier molecular flexibility index (Phi) is 50.1. The summed E-state index contributed by atoms with van der Waals surface area (Å²) in [5.41, 5.74) is 0. The van der Waals surface area contributed by atoms with Crippen molar-refractivity contribution in [2.45, 2.75) is 283 Å². The molecule has 0 heterocycles. The van der Waals surface area contributed by atoms with E-state index >= 15 is 0 Å². The van der Waals surface area contributed by atoms with Gasteiger partial charge in [-0.3, -0.25) is 9.59 Å². The maximum atomic E-state index is 13.3. The Bertz CT molecular complexity index is 1200. The Labute approximate surface area is 402 Å². The van der Waals surface area contributed by atoms with Crippen LogP contribution in [0.2, 0.25) is 0 Å². The highest BCUT2D eigenvalue weighted by Gasteiger charge is 2.24. The fraction of sp³-hybridized carbons (Fsp3) is 0.763. The number of aliphatic hydroxyl groups is 2. The van der Waals surface area contributed by atoms with Crippen LogP contribution in [0.15, 0.2) is 72.9 Å². The third kappa shape index (κ3) is 47.6. The van der Waals surface area contributed by atoms with Gasteiger partial charge < -0.3 is 20.3 Å². The van der Waals surface area contributed by atoms with Crippen LogP contribution < -0.4 is 5.32 Å². The van der Waals surface area contributed by atoms with Gasteiger partial charge in [-0.05, 0) is 83.5 Å². The first-order valence-corrected chi connectivity index (χ1v) is 27.7. The van der Waals surface area contributed by atoms with Gasteiger partial charge >= 0.3 is 5.97 Å². The first-order valence-electron chi connectivity index (χ1n) is 27.7. The molecule has 0 radical (unpaired) electrons. The van der Waals surface area contributed by atoms with E-state index in [1.165, 1.54) is 122 Å². The molecule has 0 aliphatic heterocycles. The molecule has 0 saturated carbocycles. The monoisotopic (exact) mass is 908 g/mol. The predicted molar refractivity (Wildman–Crippen MR) is 282 cm³/mol. The van der Waals surface area contributed by atoms with E-state index in [0.717, 1.165) is 96.3 Å². The van der Waals surface area contributed by atoms with Crippen LogP contribution in [0.1, 0.15) is 265 Å². The molecule has 0 rings (SSSR count). The van der Waals surface area contributed by atoms with Crippen molar-refractivity contribution in [3.63, 3.8) is 0 Å². The number of hydrogen-bond acceptors (Lipinski definition) is 5. The minimum absolute atomic E-state index is 0.0557. The quantitative estimate of drug-likeness (QED) is 0.0245. The minimum atomic E-state index is -0.799. The number of esters is 1. The number of carbonyl (C=O) groups is 2. The fourth-order valence-corrected chi connectivity index (χ4v) is 8.14. The van der Waals surface area contributed by atoms with E-state index in [9.17, 15) is 19.8 Å². The lowest BCUT2D eigenvalue weighted by Gasteiger charge is -2.24. The maximum absolute atomic E-state index is 13.3. The summed E-state index contributed by atoms with van der Waals surface area (Å²) < 4.78 is 5.94. The summed E-state index contributed by atoms with van der Waals surface area (Å²) in [5.74, 6) is -0.507. The molecule has 6 heteroatoms. The van der Waals surface area contributed by atoms with Crippen molar-refractivity contribution in [3.05, 3.63) is 72.9 Å². The number of unbranched alkanes of at least 4 members (excludes halogenated alkanes) is 27. The number of carbonyl (C=O) groups excluding carboxylic acids is 2. The Morgan fingerprint density at radius 2 is 0.892 bits per heavy atom. The largest absolute Gasteiger partial charge is 0.462 e. The van der Waals surface area contributed by atoms with Crippen LogP contribution in [0, 0.1) is 0 Å². The third-order valence-electron chi connectivity index (χ3n) is 12.3. The molecule has 0 fully saturated rings. The normalized spacial score (nSPS) is 13.7. The van der Waals surface area contributed by atoms with Crippen LogP contribution in [0.4, 0.5) is 0 Å². The Morgan fingerprint density at radius 1 is 0.477 bits per heavy atom. The van der Waals surface area contributed by atoms with Gasteiger partial charge in [-0.15, -0.1) is 0 Å². The van der Waals surface area contributed by atoms with Crippen molar-refractivity contribution < 1.29 is 24.5 Å². The summed E-state index contributed by atoms with van der Waals surface area (Å²) in [5, 5.41) is 23.8. The van der Waals surface area contributed by atoms with Gasteiger partial charge in [-0.2, -0.15) is 0 Å². The topological polar surface area (TPSA) is 95.9 Å². The second-order valence-corrected chi connectivity index (χ2v) is 18.7. The minimum Gasteiger partial charge on any atom is -0.462 e. The molecule has 0 bridgehead atoms. The molecule has 3 atom stereocenters. The third-order valence-corrected chi connectivity index (χ3v) is 12.3. The van der Waals surface area contributed by atoms with Crippen LogP contribution in [0.25, 0.3) is 0 Å². The summed E-state index contributed by atoms with van der Waals surface area (Å²) in [7, 11) is 0. The van der Waals surface area contributed by atoms with Crippen LogP contribution in [0.3, 0.4) is 0 Å². The molecular formula is C59H105NO5. The molecule has 0 aromatic carbocycles. The van der Waals surface area contributed by atoms with E-state index < -0.39 is 18.2 Å². The Hall–Kier alpha value is -2.70. The smallest absolute Gasteiger partial charge is 0.306 e. The standard InChI is InChI=1S/C59H105NO5/c1-4-7-10-13-16-19-22-25-28-29-31-32-35-38-41-44-47-50-55(65-59(64)52-49-46-43-40-37-34-30-26-23-20-17-14-11-8-5-2)53-58(63)60-56(54-61)57(62)51-48-45-42-39-36-33-27-24-21-18-15-12-9-6-3/h8,11,14,16-17,19-20,23,25,28,31-32,55-57,61-62H,4-7,9-10,12-13,15,18,21-22,24,26-27,29-30,33-54H2,1-3H3,(H,60,63)/b11-8+,17-14+,19-16-,23-20+,28-25-,32-31-. The zero-order valence-electron chi connectivity index (χ0n) is 42.9. The summed E-state index contributed by atoms with van der Waals surface area (Å²) in [6.45, 7) is 6.33. The summed E-state index contributed by atoms with van der Waals surface area (Å²) >= 11 is 0. The Morgan fingerprint density at radius 3 is 1.42 bits per heavy atom. The molecule has 0 saturated heterocycles. The van der Waals surface area contributed by atoms with Gasteiger partial charge in [0.1, 0.15) is 6.10 Å². The number of aliphatic hydroxyl groups excluding tert-OH is 2. The molecule has 0 aromatic heterocycles. The molecule has 6 nitrogen and oxygen atoms in total. The molecule has 0 aliphatic carbocycles. The molecule has 0 spiro atoms. The van der Waals surface area contributed by atoms with Gasteiger partial charge in [-0.25, -0.2) is 0 Å². The highest BCUT2D eigenvalue weighted by Crippen LogP contribution is 2.18.